The highest BCUT2D eigenvalue weighted by Gasteiger charge is 2.19. The monoisotopic (exact) mass is 1050 g/mol. The quantitative estimate of drug-likeness (QED) is 0.0261. The van der Waals surface area contributed by atoms with E-state index in [0.29, 0.717) is 12.8 Å². The van der Waals surface area contributed by atoms with E-state index in [1.54, 1.807) is 0 Å². The molecule has 0 radical (unpaired) electrons. The van der Waals surface area contributed by atoms with Crippen molar-refractivity contribution in [3.8, 4) is 0 Å². The number of carbonyl (C=O) groups excluding carboxylic acids is 3. The average Bonchev–Trinajstić information content (AvgIpc) is 3.42. The molecular formula is C70H112O6. The van der Waals surface area contributed by atoms with Crippen LogP contribution in [0.5, 0.6) is 0 Å². The van der Waals surface area contributed by atoms with E-state index in [4.69, 9.17) is 14.2 Å². The van der Waals surface area contributed by atoms with E-state index in [0.717, 1.165) is 161 Å². The Labute approximate surface area is 467 Å². The van der Waals surface area contributed by atoms with Crippen molar-refractivity contribution in [1.29, 1.82) is 0 Å². The molecule has 428 valence electrons. The van der Waals surface area contributed by atoms with Gasteiger partial charge >= 0.3 is 17.9 Å². The zero-order valence-electron chi connectivity index (χ0n) is 49.0. The molecule has 6 heteroatoms. The standard InChI is InChI=1S/C70H112O6/c1-4-7-10-13-16-19-22-24-26-28-30-32-34-35-37-38-40-42-44-46-48-51-54-57-60-63-69(72)75-66-67(65-74-68(71)62-59-56-53-50-21-18-15-12-9-6-3)76-70(73)64-61-58-55-52-49-47-45-43-41-39-36-33-31-29-27-25-23-20-17-14-11-8-5-2/h7-8,10-11,16-17,19-20,24-27,30-33,35,37,39-42,45,47,67H,4-6,9,12-15,18,21-23,28-29,34,36,38,43-44,46,48-66H2,1-3H3/b10-7-,11-8-,19-16-,20-17-,26-24-,27-25-,32-30-,33-31-,37-35-,41-39-,42-40-,47-45-. The molecule has 0 aromatic heterocycles. The molecule has 0 aromatic carbocycles. The Balaban J connectivity index is 4.40. The first-order chi connectivity index (χ1) is 37.5. The summed E-state index contributed by atoms with van der Waals surface area (Å²) >= 11 is 0. The maximum atomic E-state index is 12.9. The van der Waals surface area contributed by atoms with Crippen LogP contribution in [0.3, 0.4) is 0 Å². The van der Waals surface area contributed by atoms with Crippen LogP contribution in [-0.2, 0) is 28.6 Å². The van der Waals surface area contributed by atoms with Crippen LogP contribution in [0, 0.1) is 0 Å². The fraction of sp³-hybridized carbons (Fsp3) is 0.614. The minimum absolute atomic E-state index is 0.0971. The fourth-order valence-electron chi connectivity index (χ4n) is 8.04. The van der Waals surface area contributed by atoms with Gasteiger partial charge in [-0.3, -0.25) is 14.4 Å². The number of unbranched alkanes of at least 4 members (excludes halogenated alkanes) is 19. The van der Waals surface area contributed by atoms with E-state index in [2.05, 4.69) is 167 Å². The lowest BCUT2D eigenvalue weighted by molar-refractivity contribution is -0.167. The van der Waals surface area contributed by atoms with E-state index >= 15 is 0 Å². The van der Waals surface area contributed by atoms with Crippen LogP contribution in [0.2, 0.25) is 0 Å². The largest absolute Gasteiger partial charge is 0.462 e. The molecule has 0 saturated heterocycles. The van der Waals surface area contributed by atoms with Crippen LogP contribution in [0.25, 0.3) is 0 Å². The van der Waals surface area contributed by atoms with E-state index in [9.17, 15) is 14.4 Å². The van der Waals surface area contributed by atoms with Crippen molar-refractivity contribution >= 4 is 17.9 Å². The Morgan fingerprint density at radius 1 is 0.276 bits per heavy atom. The molecule has 0 heterocycles. The molecule has 0 saturated carbocycles. The lowest BCUT2D eigenvalue weighted by atomic mass is 10.1. The van der Waals surface area contributed by atoms with Crippen molar-refractivity contribution in [2.24, 2.45) is 0 Å². The topological polar surface area (TPSA) is 78.9 Å². The molecule has 1 atom stereocenters. The number of allylic oxidation sites excluding steroid dienone is 24. The van der Waals surface area contributed by atoms with Gasteiger partial charge in [-0.15, -0.1) is 0 Å². The second-order valence-electron chi connectivity index (χ2n) is 19.9. The fourth-order valence-corrected chi connectivity index (χ4v) is 8.04. The summed E-state index contributed by atoms with van der Waals surface area (Å²) in [7, 11) is 0. The van der Waals surface area contributed by atoms with Gasteiger partial charge in [-0.05, 0) is 122 Å². The van der Waals surface area contributed by atoms with Crippen molar-refractivity contribution < 1.29 is 28.6 Å². The minimum Gasteiger partial charge on any atom is -0.462 e. The Bertz CT molecular complexity index is 1680. The van der Waals surface area contributed by atoms with Crippen molar-refractivity contribution in [2.75, 3.05) is 13.2 Å². The second kappa shape index (κ2) is 62.8. The van der Waals surface area contributed by atoms with Crippen LogP contribution >= 0.6 is 0 Å². The van der Waals surface area contributed by atoms with Crippen molar-refractivity contribution in [3.63, 3.8) is 0 Å². The molecule has 0 N–H and O–H groups in total. The summed E-state index contributed by atoms with van der Waals surface area (Å²) in [5.74, 6) is -0.942. The predicted octanol–water partition coefficient (Wildman–Crippen LogP) is 21.2. The van der Waals surface area contributed by atoms with Gasteiger partial charge < -0.3 is 14.2 Å². The normalized spacial score (nSPS) is 13.1. The Kier molecular flexibility index (Phi) is 58.9. The molecule has 1 unspecified atom stereocenters. The van der Waals surface area contributed by atoms with Crippen LogP contribution in [0.4, 0.5) is 0 Å². The maximum Gasteiger partial charge on any atom is 0.306 e. The van der Waals surface area contributed by atoms with Crippen LogP contribution < -0.4 is 0 Å². The number of hydrogen-bond acceptors (Lipinski definition) is 6. The van der Waals surface area contributed by atoms with Gasteiger partial charge in [0, 0.05) is 19.3 Å². The van der Waals surface area contributed by atoms with E-state index in [1.165, 1.54) is 57.8 Å². The summed E-state index contributed by atoms with van der Waals surface area (Å²) in [6.07, 6.45) is 89.9. The lowest BCUT2D eigenvalue weighted by Crippen LogP contribution is -2.30. The lowest BCUT2D eigenvalue weighted by Gasteiger charge is -2.18. The predicted molar refractivity (Wildman–Crippen MR) is 329 cm³/mol. The summed E-state index contributed by atoms with van der Waals surface area (Å²) in [4.78, 5) is 38.2. The molecule has 0 rings (SSSR count). The van der Waals surface area contributed by atoms with Crippen molar-refractivity contribution in [2.45, 2.75) is 264 Å². The van der Waals surface area contributed by atoms with Crippen LogP contribution in [-0.4, -0.2) is 37.2 Å². The van der Waals surface area contributed by atoms with E-state index in [1.807, 2.05) is 0 Å². The molecule has 0 aromatic rings. The second-order valence-corrected chi connectivity index (χ2v) is 19.9. The van der Waals surface area contributed by atoms with Gasteiger partial charge in [0.15, 0.2) is 6.10 Å². The molecule has 0 bridgehead atoms. The zero-order valence-corrected chi connectivity index (χ0v) is 49.0. The minimum atomic E-state index is -0.803. The van der Waals surface area contributed by atoms with Crippen molar-refractivity contribution in [3.05, 3.63) is 146 Å². The third-order valence-corrected chi connectivity index (χ3v) is 12.6. The maximum absolute atomic E-state index is 12.9. The van der Waals surface area contributed by atoms with E-state index in [-0.39, 0.29) is 37.5 Å². The summed E-state index contributed by atoms with van der Waals surface area (Å²) in [6.45, 7) is 6.36. The number of carbonyl (C=O) groups is 3. The van der Waals surface area contributed by atoms with Crippen LogP contribution in [0.15, 0.2) is 146 Å². The Morgan fingerprint density at radius 3 is 0.803 bits per heavy atom. The molecule has 6 nitrogen and oxygen atoms in total. The highest BCUT2D eigenvalue weighted by Crippen LogP contribution is 2.14. The highest BCUT2D eigenvalue weighted by atomic mass is 16.6. The van der Waals surface area contributed by atoms with Gasteiger partial charge in [0.05, 0.1) is 0 Å². The first kappa shape index (κ1) is 71.3. The average molecular weight is 1050 g/mol. The van der Waals surface area contributed by atoms with Gasteiger partial charge in [0.1, 0.15) is 13.2 Å². The highest BCUT2D eigenvalue weighted by molar-refractivity contribution is 5.71. The zero-order chi connectivity index (χ0) is 55.0. The first-order valence-corrected chi connectivity index (χ1v) is 30.8. The molecule has 76 heavy (non-hydrogen) atoms. The Morgan fingerprint density at radius 2 is 0.513 bits per heavy atom. The molecule has 0 aliphatic rings. The molecule has 0 spiro atoms. The molecular weight excluding hydrogens is 937 g/mol. The van der Waals surface area contributed by atoms with Gasteiger partial charge in [-0.1, -0.05) is 263 Å². The smallest absolute Gasteiger partial charge is 0.306 e. The van der Waals surface area contributed by atoms with Gasteiger partial charge in [0.2, 0.25) is 0 Å². The van der Waals surface area contributed by atoms with Gasteiger partial charge in [0.25, 0.3) is 0 Å². The molecule has 0 aliphatic carbocycles. The Hall–Kier alpha value is -4.71. The van der Waals surface area contributed by atoms with Gasteiger partial charge in [-0.25, -0.2) is 0 Å². The SMILES string of the molecule is CC/C=C\C/C=C\C/C=C\C/C=C\C/C=C\C/C=C\CCCCCCCCC(=O)OCC(COC(=O)CCCCCCCCCCCC)OC(=O)CCCCCC/C=C\C/C=C\C/C=C\C/C=C\C/C=C\C/C=C\CC. The third kappa shape index (κ3) is 60.2. The molecule has 0 fully saturated rings. The van der Waals surface area contributed by atoms with Gasteiger partial charge in [-0.2, -0.15) is 0 Å². The summed E-state index contributed by atoms with van der Waals surface area (Å²) in [6, 6.07) is 0. The number of rotatable bonds is 54. The molecule has 0 aliphatic heterocycles. The van der Waals surface area contributed by atoms with Crippen LogP contribution in [0.1, 0.15) is 258 Å². The third-order valence-electron chi connectivity index (χ3n) is 12.6. The number of hydrogen-bond donors (Lipinski definition) is 0. The number of esters is 3. The summed E-state index contributed by atoms with van der Waals surface area (Å²) in [5, 5.41) is 0. The van der Waals surface area contributed by atoms with Crippen molar-refractivity contribution in [1.82, 2.24) is 0 Å². The first-order valence-electron chi connectivity index (χ1n) is 30.8. The van der Waals surface area contributed by atoms with E-state index < -0.39 is 6.10 Å². The molecule has 0 amide bonds. The number of ether oxygens (including phenoxy) is 3. The summed E-state index contributed by atoms with van der Waals surface area (Å²) in [5.41, 5.74) is 0. The summed E-state index contributed by atoms with van der Waals surface area (Å²) < 4.78 is 16.8.